The fourth-order valence-electron chi connectivity index (χ4n) is 3.08. The third-order valence-corrected chi connectivity index (χ3v) is 4.20. The van der Waals surface area contributed by atoms with Crippen LogP contribution in [-0.4, -0.2) is 37.0 Å². The minimum absolute atomic E-state index is 0.114. The Hall–Kier alpha value is -1.63. The number of hydrogen-bond acceptors (Lipinski definition) is 2. The average molecular weight is 302 g/mol. The molecule has 2 aliphatic rings. The van der Waals surface area contributed by atoms with Crippen LogP contribution in [0.3, 0.4) is 0 Å². The Labute approximate surface area is 118 Å². The molecule has 2 heterocycles. The standard InChI is InChI=1S/C14H14F4N2O/c15-12-2-1-8(3-11(12)14(16,17)18)13(21)20-6-9-4-19-5-10(9)7-20/h1-3,9-10,19H,4-7H2/t9-,10+. The molecule has 2 fully saturated rings. The number of rotatable bonds is 1. The number of likely N-dealkylation sites (tertiary alicyclic amines) is 1. The first-order chi connectivity index (χ1) is 9.86. The second-order valence-electron chi connectivity index (χ2n) is 5.58. The maximum atomic E-state index is 13.2. The van der Waals surface area contributed by atoms with E-state index in [0.717, 1.165) is 19.2 Å². The van der Waals surface area contributed by atoms with E-state index >= 15 is 0 Å². The lowest BCUT2D eigenvalue weighted by Gasteiger charge is -2.18. The molecule has 2 atom stereocenters. The van der Waals surface area contributed by atoms with Crippen molar-refractivity contribution in [1.82, 2.24) is 10.2 Å². The summed E-state index contributed by atoms with van der Waals surface area (Å²) < 4.78 is 51.3. The Bertz CT molecular complexity index is 561. The van der Waals surface area contributed by atoms with E-state index in [1.54, 1.807) is 4.90 Å². The topological polar surface area (TPSA) is 32.3 Å². The van der Waals surface area contributed by atoms with E-state index in [4.69, 9.17) is 0 Å². The number of carbonyl (C=O) groups excluding carboxylic acids is 1. The molecular formula is C14H14F4N2O. The molecule has 1 N–H and O–H groups in total. The molecule has 1 aromatic rings. The van der Waals surface area contributed by atoms with Gasteiger partial charge >= 0.3 is 6.18 Å². The number of carbonyl (C=O) groups is 1. The van der Waals surface area contributed by atoms with E-state index < -0.39 is 23.5 Å². The molecule has 114 valence electrons. The molecular weight excluding hydrogens is 288 g/mol. The van der Waals surface area contributed by atoms with Crippen LogP contribution >= 0.6 is 0 Å². The highest BCUT2D eigenvalue weighted by Gasteiger charge is 2.39. The van der Waals surface area contributed by atoms with Crippen LogP contribution in [0.4, 0.5) is 17.6 Å². The summed E-state index contributed by atoms with van der Waals surface area (Å²) in [7, 11) is 0. The molecule has 0 radical (unpaired) electrons. The zero-order valence-electron chi connectivity index (χ0n) is 11.1. The van der Waals surface area contributed by atoms with Crippen molar-refractivity contribution in [2.45, 2.75) is 6.18 Å². The van der Waals surface area contributed by atoms with Crippen molar-refractivity contribution in [1.29, 1.82) is 0 Å². The predicted octanol–water partition coefficient (Wildman–Crippen LogP) is 2.14. The van der Waals surface area contributed by atoms with E-state index in [0.29, 0.717) is 37.1 Å². The largest absolute Gasteiger partial charge is 0.419 e. The van der Waals surface area contributed by atoms with Crippen LogP contribution < -0.4 is 5.32 Å². The van der Waals surface area contributed by atoms with E-state index in [2.05, 4.69) is 5.32 Å². The normalized spacial score (nSPS) is 25.2. The molecule has 3 nitrogen and oxygen atoms in total. The summed E-state index contributed by atoms with van der Waals surface area (Å²) in [6, 6.07) is 2.41. The van der Waals surface area contributed by atoms with Gasteiger partial charge in [-0.05, 0) is 30.0 Å². The summed E-state index contributed by atoms with van der Waals surface area (Å²) in [5.74, 6) is -1.11. The molecule has 0 saturated carbocycles. The van der Waals surface area contributed by atoms with Crippen molar-refractivity contribution in [2.75, 3.05) is 26.2 Å². The number of nitrogens with zero attached hydrogens (tertiary/aromatic N) is 1. The number of alkyl halides is 3. The molecule has 0 unspecified atom stereocenters. The first kappa shape index (κ1) is 14.3. The minimum atomic E-state index is -4.80. The Kier molecular flexibility index (Phi) is 3.39. The van der Waals surface area contributed by atoms with Gasteiger partial charge in [-0.1, -0.05) is 0 Å². The van der Waals surface area contributed by atoms with Crippen LogP contribution in [0.15, 0.2) is 18.2 Å². The Morgan fingerprint density at radius 1 is 1.19 bits per heavy atom. The van der Waals surface area contributed by atoms with Gasteiger partial charge in [-0.2, -0.15) is 13.2 Å². The Morgan fingerprint density at radius 3 is 2.38 bits per heavy atom. The number of hydrogen-bond donors (Lipinski definition) is 1. The zero-order chi connectivity index (χ0) is 15.2. The Morgan fingerprint density at radius 2 is 1.81 bits per heavy atom. The van der Waals surface area contributed by atoms with Crippen molar-refractivity contribution in [2.24, 2.45) is 11.8 Å². The first-order valence-corrected chi connectivity index (χ1v) is 6.73. The second kappa shape index (κ2) is 4.98. The number of nitrogens with one attached hydrogen (secondary N) is 1. The van der Waals surface area contributed by atoms with Crippen LogP contribution in [-0.2, 0) is 6.18 Å². The number of amides is 1. The van der Waals surface area contributed by atoms with E-state index in [1.165, 1.54) is 0 Å². The SMILES string of the molecule is O=C(c1ccc(F)c(C(F)(F)F)c1)N1C[C@H]2CNC[C@H]2C1. The predicted molar refractivity (Wildman–Crippen MR) is 67.2 cm³/mol. The molecule has 2 aliphatic heterocycles. The van der Waals surface area contributed by atoms with Crippen LogP contribution in [0.2, 0.25) is 0 Å². The minimum Gasteiger partial charge on any atom is -0.338 e. The van der Waals surface area contributed by atoms with Gasteiger partial charge < -0.3 is 10.2 Å². The summed E-state index contributed by atoms with van der Waals surface area (Å²) in [5, 5.41) is 3.22. The summed E-state index contributed by atoms with van der Waals surface area (Å²) >= 11 is 0. The average Bonchev–Trinajstić information content (AvgIpc) is 2.97. The molecule has 2 saturated heterocycles. The van der Waals surface area contributed by atoms with Gasteiger partial charge in [0.1, 0.15) is 5.82 Å². The number of benzene rings is 1. The third kappa shape index (κ3) is 2.62. The fourth-order valence-corrected chi connectivity index (χ4v) is 3.08. The Balaban J connectivity index is 1.82. The van der Waals surface area contributed by atoms with Crippen LogP contribution in [0.5, 0.6) is 0 Å². The van der Waals surface area contributed by atoms with E-state index in [9.17, 15) is 22.4 Å². The second-order valence-corrected chi connectivity index (χ2v) is 5.58. The van der Waals surface area contributed by atoms with Gasteiger partial charge in [0.25, 0.3) is 5.91 Å². The molecule has 1 aromatic carbocycles. The highest BCUT2D eigenvalue weighted by molar-refractivity contribution is 5.94. The van der Waals surface area contributed by atoms with E-state index in [-0.39, 0.29) is 5.56 Å². The van der Waals surface area contributed by atoms with E-state index in [1.807, 2.05) is 0 Å². The quantitative estimate of drug-likeness (QED) is 0.806. The molecule has 3 rings (SSSR count). The van der Waals surface area contributed by atoms with Gasteiger partial charge in [-0.3, -0.25) is 4.79 Å². The van der Waals surface area contributed by atoms with Gasteiger partial charge in [0.2, 0.25) is 0 Å². The van der Waals surface area contributed by atoms with Gasteiger partial charge in [-0.25, -0.2) is 4.39 Å². The zero-order valence-corrected chi connectivity index (χ0v) is 11.1. The summed E-state index contributed by atoms with van der Waals surface area (Å²) in [5.41, 5.74) is -1.51. The van der Waals surface area contributed by atoms with Gasteiger partial charge in [0, 0.05) is 31.7 Å². The highest BCUT2D eigenvalue weighted by atomic mass is 19.4. The van der Waals surface area contributed by atoms with Crippen molar-refractivity contribution >= 4 is 5.91 Å². The van der Waals surface area contributed by atoms with Crippen molar-refractivity contribution in [3.8, 4) is 0 Å². The third-order valence-electron chi connectivity index (χ3n) is 4.20. The van der Waals surface area contributed by atoms with Crippen LogP contribution in [0.1, 0.15) is 15.9 Å². The highest BCUT2D eigenvalue weighted by Crippen LogP contribution is 2.33. The summed E-state index contributed by atoms with van der Waals surface area (Å²) in [4.78, 5) is 13.8. The smallest absolute Gasteiger partial charge is 0.338 e. The monoisotopic (exact) mass is 302 g/mol. The van der Waals surface area contributed by atoms with Crippen LogP contribution in [0, 0.1) is 17.7 Å². The molecule has 1 amide bonds. The summed E-state index contributed by atoms with van der Waals surface area (Å²) in [6.07, 6.45) is -4.80. The van der Waals surface area contributed by atoms with Crippen molar-refractivity contribution < 1.29 is 22.4 Å². The number of halogens is 4. The molecule has 0 bridgehead atoms. The van der Waals surface area contributed by atoms with Crippen LogP contribution in [0.25, 0.3) is 0 Å². The maximum absolute atomic E-state index is 13.2. The first-order valence-electron chi connectivity index (χ1n) is 6.73. The molecule has 0 aromatic heterocycles. The van der Waals surface area contributed by atoms with Crippen molar-refractivity contribution in [3.05, 3.63) is 35.1 Å². The maximum Gasteiger partial charge on any atom is 0.419 e. The lowest BCUT2D eigenvalue weighted by atomic mass is 10.0. The van der Waals surface area contributed by atoms with Crippen molar-refractivity contribution in [3.63, 3.8) is 0 Å². The van der Waals surface area contributed by atoms with Gasteiger partial charge in [0.05, 0.1) is 5.56 Å². The number of fused-ring (bicyclic) bond motifs is 1. The molecule has 7 heteroatoms. The lowest BCUT2D eigenvalue weighted by molar-refractivity contribution is -0.140. The summed E-state index contributed by atoms with van der Waals surface area (Å²) in [6.45, 7) is 2.72. The fraction of sp³-hybridized carbons (Fsp3) is 0.500. The molecule has 0 aliphatic carbocycles. The molecule has 0 spiro atoms. The van der Waals surface area contributed by atoms with Gasteiger partial charge in [-0.15, -0.1) is 0 Å². The van der Waals surface area contributed by atoms with Gasteiger partial charge in [0.15, 0.2) is 0 Å². The lowest BCUT2D eigenvalue weighted by Crippen LogP contribution is -2.32. The molecule has 21 heavy (non-hydrogen) atoms.